The molecule has 8 nitrogen and oxygen atoms in total. The van der Waals surface area contributed by atoms with Crippen LogP contribution in [0.4, 0.5) is 5.69 Å². The first-order chi connectivity index (χ1) is 15.3. The van der Waals surface area contributed by atoms with Gasteiger partial charge < -0.3 is 16.2 Å². The average Bonchev–Trinajstić information content (AvgIpc) is 2.76. The quantitative estimate of drug-likeness (QED) is 0.101. The summed E-state index contributed by atoms with van der Waals surface area (Å²) in [6, 6.07) is 6.38. The molecule has 32 heavy (non-hydrogen) atoms. The fraction of sp³-hybridized carbons (Fsp3) is 0.583. The Balaban J connectivity index is 2.31. The Hall–Kier alpha value is -2.42. The molecule has 0 fully saturated rings. The summed E-state index contributed by atoms with van der Waals surface area (Å²) in [7, 11) is 0. The maximum absolute atomic E-state index is 12.0. The lowest BCUT2D eigenvalue weighted by molar-refractivity contribution is -0.141. The highest BCUT2D eigenvalue weighted by molar-refractivity contribution is 5.83. The summed E-state index contributed by atoms with van der Waals surface area (Å²) in [5, 5.41) is 15.3. The Kier molecular flexibility index (Phi) is 14.0. The molecule has 2 unspecified atom stereocenters. The SMILES string of the molecule is C=C(C)C(N)NCCCCONc1ccc(CC(NC(=O)CCCCCC)C(=O)O)cc1. The van der Waals surface area contributed by atoms with Crippen LogP contribution in [-0.4, -0.2) is 42.3 Å². The van der Waals surface area contributed by atoms with Crippen molar-refractivity contribution in [2.45, 2.75) is 77.4 Å². The van der Waals surface area contributed by atoms with Crippen LogP contribution >= 0.6 is 0 Å². The van der Waals surface area contributed by atoms with Gasteiger partial charge in [-0.05, 0) is 56.0 Å². The lowest BCUT2D eigenvalue weighted by atomic mass is 10.0. The molecule has 0 heterocycles. The number of amides is 1. The molecule has 8 heteroatoms. The van der Waals surface area contributed by atoms with E-state index < -0.39 is 12.0 Å². The molecule has 1 aromatic carbocycles. The Morgan fingerprint density at radius 3 is 2.47 bits per heavy atom. The number of hydrogen-bond acceptors (Lipinski definition) is 6. The van der Waals surface area contributed by atoms with E-state index in [0.29, 0.717) is 13.0 Å². The first-order valence-electron chi connectivity index (χ1n) is 11.5. The second-order valence-electron chi connectivity index (χ2n) is 8.11. The standard InChI is InChI=1S/C24H40N4O4/c1-4-5-6-7-10-22(29)27-21(24(30)31)17-19-11-13-20(14-12-19)28-32-16-9-8-15-26-23(25)18(2)3/h11-14,21,23,26,28H,2,4-10,15-17,25H2,1,3H3,(H,27,29)(H,30,31). The lowest BCUT2D eigenvalue weighted by Crippen LogP contribution is -2.42. The van der Waals surface area contributed by atoms with Gasteiger partial charge in [-0.15, -0.1) is 0 Å². The molecule has 0 saturated carbocycles. The number of rotatable bonds is 18. The third kappa shape index (κ3) is 12.4. The number of carbonyl (C=O) groups excluding carboxylic acids is 1. The van der Waals surface area contributed by atoms with Crippen LogP contribution < -0.4 is 21.8 Å². The molecule has 0 aromatic heterocycles. The molecule has 0 aliphatic heterocycles. The van der Waals surface area contributed by atoms with E-state index in [0.717, 1.165) is 61.9 Å². The van der Waals surface area contributed by atoms with Crippen LogP contribution in [0.1, 0.15) is 64.4 Å². The summed E-state index contributed by atoms with van der Waals surface area (Å²) in [6.07, 6.45) is 6.17. The third-order valence-corrected chi connectivity index (χ3v) is 5.04. The van der Waals surface area contributed by atoms with Crippen molar-refractivity contribution in [3.05, 3.63) is 42.0 Å². The second kappa shape index (κ2) is 16.2. The molecule has 1 rings (SSSR count). The van der Waals surface area contributed by atoms with Crippen LogP contribution in [-0.2, 0) is 20.8 Å². The molecule has 0 aliphatic rings. The van der Waals surface area contributed by atoms with Gasteiger partial charge in [-0.1, -0.05) is 44.9 Å². The fourth-order valence-electron chi connectivity index (χ4n) is 2.99. The second-order valence-corrected chi connectivity index (χ2v) is 8.11. The summed E-state index contributed by atoms with van der Waals surface area (Å²) >= 11 is 0. The first kappa shape index (κ1) is 27.6. The lowest BCUT2D eigenvalue weighted by Gasteiger charge is -2.15. The van der Waals surface area contributed by atoms with Gasteiger partial charge in [0.2, 0.25) is 5.91 Å². The Morgan fingerprint density at radius 1 is 1.12 bits per heavy atom. The van der Waals surface area contributed by atoms with Gasteiger partial charge in [-0.3, -0.25) is 20.4 Å². The normalized spacial score (nSPS) is 12.7. The summed E-state index contributed by atoms with van der Waals surface area (Å²) in [5.41, 5.74) is 11.2. The van der Waals surface area contributed by atoms with Gasteiger partial charge in [-0.2, -0.15) is 0 Å². The molecule has 2 atom stereocenters. The van der Waals surface area contributed by atoms with Crippen LogP contribution in [0.3, 0.4) is 0 Å². The fourth-order valence-corrected chi connectivity index (χ4v) is 2.99. The number of carboxylic acids is 1. The van der Waals surface area contributed by atoms with Gasteiger partial charge >= 0.3 is 5.97 Å². The number of benzene rings is 1. The number of unbranched alkanes of at least 4 members (excludes halogenated alkanes) is 4. The van der Waals surface area contributed by atoms with Crippen molar-refractivity contribution in [3.63, 3.8) is 0 Å². The molecule has 6 N–H and O–H groups in total. The number of carbonyl (C=O) groups is 2. The maximum atomic E-state index is 12.0. The highest BCUT2D eigenvalue weighted by Crippen LogP contribution is 2.12. The zero-order valence-corrected chi connectivity index (χ0v) is 19.5. The first-order valence-corrected chi connectivity index (χ1v) is 11.5. The molecule has 0 aliphatic carbocycles. The summed E-state index contributed by atoms with van der Waals surface area (Å²) in [6.45, 7) is 9.16. The molecule has 1 amide bonds. The van der Waals surface area contributed by atoms with Crippen LogP contribution in [0.5, 0.6) is 0 Å². The van der Waals surface area contributed by atoms with Crippen molar-refractivity contribution < 1.29 is 19.5 Å². The Labute approximate surface area is 191 Å². The molecule has 0 saturated heterocycles. The van der Waals surface area contributed by atoms with E-state index in [1.165, 1.54) is 0 Å². The summed E-state index contributed by atoms with van der Waals surface area (Å²) in [5.74, 6) is -1.24. The predicted molar refractivity (Wildman–Crippen MR) is 128 cm³/mol. The van der Waals surface area contributed by atoms with Gasteiger partial charge in [0.25, 0.3) is 0 Å². The summed E-state index contributed by atoms with van der Waals surface area (Å²) in [4.78, 5) is 29.0. The highest BCUT2D eigenvalue weighted by atomic mass is 16.6. The largest absolute Gasteiger partial charge is 0.480 e. The number of carboxylic acid groups (broad SMARTS) is 1. The Morgan fingerprint density at radius 2 is 1.84 bits per heavy atom. The minimum absolute atomic E-state index is 0.174. The van der Waals surface area contributed by atoms with Crippen LogP contribution in [0, 0.1) is 0 Å². The number of nitrogens with one attached hydrogen (secondary N) is 3. The van der Waals surface area contributed by atoms with E-state index in [1.807, 2.05) is 31.2 Å². The molecule has 0 radical (unpaired) electrons. The van der Waals surface area contributed by atoms with E-state index >= 15 is 0 Å². The minimum atomic E-state index is -1.03. The van der Waals surface area contributed by atoms with Gasteiger partial charge in [0.1, 0.15) is 6.04 Å². The summed E-state index contributed by atoms with van der Waals surface area (Å²) < 4.78 is 0. The molecule has 0 spiro atoms. The van der Waals surface area contributed by atoms with E-state index in [2.05, 4.69) is 29.6 Å². The minimum Gasteiger partial charge on any atom is -0.480 e. The van der Waals surface area contributed by atoms with Gasteiger partial charge in [0.05, 0.1) is 18.5 Å². The van der Waals surface area contributed by atoms with E-state index in [4.69, 9.17) is 10.6 Å². The highest BCUT2D eigenvalue weighted by Gasteiger charge is 2.20. The van der Waals surface area contributed by atoms with E-state index in [-0.39, 0.29) is 18.5 Å². The van der Waals surface area contributed by atoms with E-state index in [9.17, 15) is 14.7 Å². The van der Waals surface area contributed by atoms with Crippen LogP contribution in [0.25, 0.3) is 0 Å². The number of hydrogen-bond donors (Lipinski definition) is 5. The smallest absolute Gasteiger partial charge is 0.326 e. The molecular weight excluding hydrogens is 408 g/mol. The molecule has 180 valence electrons. The van der Waals surface area contributed by atoms with Crippen molar-refractivity contribution in [1.29, 1.82) is 0 Å². The van der Waals surface area contributed by atoms with E-state index in [1.54, 1.807) is 0 Å². The Bertz CT molecular complexity index is 694. The number of anilines is 1. The molecule has 1 aromatic rings. The van der Waals surface area contributed by atoms with Gasteiger partial charge in [0.15, 0.2) is 0 Å². The average molecular weight is 449 g/mol. The number of aliphatic carboxylic acids is 1. The zero-order chi connectivity index (χ0) is 23.8. The van der Waals surface area contributed by atoms with Crippen molar-refractivity contribution in [2.75, 3.05) is 18.6 Å². The van der Waals surface area contributed by atoms with Crippen LogP contribution in [0.2, 0.25) is 0 Å². The topological polar surface area (TPSA) is 126 Å². The van der Waals surface area contributed by atoms with Crippen molar-refractivity contribution >= 4 is 17.6 Å². The van der Waals surface area contributed by atoms with Crippen molar-refractivity contribution in [2.24, 2.45) is 5.73 Å². The third-order valence-electron chi connectivity index (χ3n) is 5.04. The zero-order valence-electron chi connectivity index (χ0n) is 19.5. The maximum Gasteiger partial charge on any atom is 0.326 e. The number of nitrogens with two attached hydrogens (primary N) is 1. The van der Waals surface area contributed by atoms with Gasteiger partial charge in [-0.25, -0.2) is 4.79 Å². The predicted octanol–water partition coefficient (Wildman–Crippen LogP) is 3.34. The molecular formula is C24H40N4O4. The van der Waals surface area contributed by atoms with Crippen molar-refractivity contribution in [3.8, 4) is 0 Å². The molecule has 0 bridgehead atoms. The van der Waals surface area contributed by atoms with Gasteiger partial charge in [0, 0.05) is 12.8 Å². The van der Waals surface area contributed by atoms with Crippen molar-refractivity contribution in [1.82, 2.24) is 10.6 Å². The monoisotopic (exact) mass is 448 g/mol. The van der Waals surface area contributed by atoms with Crippen LogP contribution in [0.15, 0.2) is 36.4 Å².